The van der Waals surface area contributed by atoms with Crippen LogP contribution < -0.4 is 10.9 Å². The molecule has 0 radical (unpaired) electrons. The standard InChI is InChI=1S/C17H28F3N3O5Si/c1-26-14(24)5-7-27-8-6-21-13-11-22-23(12-28-9-10-29(2,3)4)16(25)15(13)17(18,19)20/h11,21H,5-10,12H2,1-4H3. The summed E-state index contributed by atoms with van der Waals surface area (Å²) < 4.78 is 55.7. The summed E-state index contributed by atoms with van der Waals surface area (Å²) in [6.45, 7) is 6.55. The first-order valence-electron chi connectivity index (χ1n) is 9.09. The van der Waals surface area contributed by atoms with Gasteiger partial charge in [-0.1, -0.05) is 19.6 Å². The molecule has 0 atom stereocenters. The van der Waals surface area contributed by atoms with Crippen LogP contribution in [-0.4, -0.2) is 57.3 Å². The number of methoxy groups -OCH3 is 1. The van der Waals surface area contributed by atoms with Crippen molar-refractivity contribution >= 4 is 19.7 Å². The van der Waals surface area contributed by atoms with Gasteiger partial charge < -0.3 is 19.5 Å². The van der Waals surface area contributed by atoms with Gasteiger partial charge in [0.25, 0.3) is 5.56 Å². The van der Waals surface area contributed by atoms with Crippen LogP contribution in [0.3, 0.4) is 0 Å². The average molecular weight is 440 g/mol. The van der Waals surface area contributed by atoms with E-state index in [1.54, 1.807) is 0 Å². The zero-order chi connectivity index (χ0) is 22.1. The van der Waals surface area contributed by atoms with Gasteiger partial charge in [0.1, 0.15) is 12.3 Å². The third-order valence-corrected chi connectivity index (χ3v) is 5.48. The monoisotopic (exact) mass is 439 g/mol. The fraction of sp³-hybridized carbons (Fsp3) is 0.706. The molecular formula is C17H28F3N3O5Si. The van der Waals surface area contributed by atoms with Crippen LogP contribution >= 0.6 is 0 Å². The van der Waals surface area contributed by atoms with Gasteiger partial charge >= 0.3 is 12.1 Å². The lowest BCUT2D eigenvalue weighted by atomic mass is 10.2. The lowest BCUT2D eigenvalue weighted by Gasteiger charge is -2.17. The van der Waals surface area contributed by atoms with E-state index in [1.807, 2.05) is 0 Å². The minimum absolute atomic E-state index is 0.00208. The Labute approximate surface area is 168 Å². The summed E-state index contributed by atoms with van der Waals surface area (Å²) in [4.78, 5) is 23.2. The quantitative estimate of drug-likeness (QED) is 0.304. The molecule has 0 unspecified atom stereocenters. The van der Waals surface area contributed by atoms with Gasteiger partial charge in [-0.2, -0.15) is 18.3 Å². The lowest BCUT2D eigenvalue weighted by molar-refractivity contribution is -0.142. The number of esters is 1. The predicted octanol–water partition coefficient (Wildman–Crippen LogP) is 2.57. The molecular weight excluding hydrogens is 411 g/mol. The number of anilines is 1. The van der Waals surface area contributed by atoms with Crippen molar-refractivity contribution in [2.75, 3.05) is 38.8 Å². The first-order chi connectivity index (χ1) is 13.5. The predicted molar refractivity (Wildman–Crippen MR) is 104 cm³/mol. The van der Waals surface area contributed by atoms with Crippen molar-refractivity contribution in [1.82, 2.24) is 9.78 Å². The molecule has 0 aromatic carbocycles. The smallest absolute Gasteiger partial charge is 0.423 e. The van der Waals surface area contributed by atoms with Crippen molar-refractivity contribution in [3.8, 4) is 0 Å². The number of nitrogens with zero attached hydrogens (tertiary/aromatic N) is 2. The molecule has 1 N–H and O–H groups in total. The summed E-state index contributed by atoms with van der Waals surface area (Å²) >= 11 is 0. The van der Waals surface area contributed by atoms with Crippen LogP contribution in [0.15, 0.2) is 11.0 Å². The van der Waals surface area contributed by atoms with Gasteiger partial charge in [0, 0.05) is 21.2 Å². The summed E-state index contributed by atoms with van der Waals surface area (Å²) in [7, 11) is -0.107. The third-order valence-electron chi connectivity index (χ3n) is 3.78. The summed E-state index contributed by atoms with van der Waals surface area (Å²) in [5.74, 6) is -0.447. The number of aromatic nitrogens is 2. The Balaban J connectivity index is 2.70. The zero-order valence-corrected chi connectivity index (χ0v) is 18.1. The summed E-state index contributed by atoms with van der Waals surface area (Å²) in [5, 5.41) is 6.27. The Morgan fingerprint density at radius 1 is 1.21 bits per heavy atom. The first kappa shape index (κ1) is 25.1. The van der Waals surface area contributed by atoms with Gasteiger partial charge in [-0.05, 0) is 6.04 Å². The maximum absolute atomic E-state index is 13.4. The maximum atomic E-state index is 13.4. The summed E-state index contributed by atoms with van der Waals surface area (Å²) in [6, 6.07) is 0.823. The van der Waals surface area contributed by atoms with Crippen LogP contribution in [0.5, 0.6) is 0 Å². The molecule has 0 fully saturated rings. The second-order valence-corrected chi connectivity index (χ2v) is 13.1. The third kappa shape index (κ3) is 9.41. The highest BCUT2D eigenvalue weighted by Crippen LogP contribution is 2.31. The number of hydrogen-bond acceptors (Lipinski definition) is 7. The van der Waals surface area contributed by atoms with Crippen LogP contribution in [0.2, 0.25) is 25.7 Å². The van der Waals surface area contributed by atoms with E-state index in [0.717, 1.165) is 12.2 Å². The van der Waals surface area contributed by atoms with Gasteiger partial charge in [-0.3, -0.25) is 9.59 Å². The summed E-state index contributed by atoms with van der Waals surface area (Å²) in [6.07, 6.45) is -3.87. The number of rotatable bonds is 12. The molecule has 1 rings (SSSR count). The molecule has 0 bridgehead atoms. The van der Waals surface area contributed by atoms with Crippen LogP contribution in [0.25, 0.3) is 0 Å². The molecule has 12 heteroatoms. The van der Waals surface area contributed by atoms with Gasteiger partial charge in [0.15, 0.2) is 0 Å². The SMILES string of the molecule is COC(=O)CCOCCNc1cnn(COCC[Si](C)(C)C)c(=O)c1C(F)(F)F. The number of hydrogen-bond donors (Lipinski definition) is 1. The molecule has 0 aliphatic heterocycles. The van der Waals surface area contributed by atoms with Gasteiger partial charge in [0.05, 0.1) is 38.6 Å². The molecule has 0 saturated heterocycles. The van der Waals surface area contributed by atoms with E-state index in [2.05, 4.69) is 34.8 Å². The van der Waals surface area contributed by atoms with Crippen LogP contribution in [-0.2, 0) is 31.9 Å². The van der Waals surface area contributed by atoms with E-state index in [9.17, 15) is 22.8 Å². The average Bonchev–Trinajstić information content (AvgIpc) is 2.60. The highest BCUT2D eigenvalue weighted by molar-refractivity contribution is 6.76. The summed E-state index contributed by atoms with van der Waals surface area (Å²) in [5.41, 5.74) is -3.05. The normalized spacial score (nSPS) is 12.1. The van der Waals surface area contributed by atoms with Crippen LogP contribution in [0.1, 0.15) is 12.0 Å². The Hall–Kier alpha value is -1.92. The number of carbonyl (C=O) groups excluding carboxylic acids is 1. The van der Waals surface area contributed by atoms with Crippen molar-refractivity contribution in [2.24, 2.45) is 0 Å². The second-order valence-electron chi connectivity index (χ2n) is 7.45. The van der Waals surface area contributed by atoms with Crippen LogP contribution in [0, 0.1) is 0 Å². The number of ether oxygens (including phenoxy) is 3. The van der Waals surface area contributed by atoms with E-state index >= 15 is 0 Å². The number of alkyl halides is 3. The first-order valence-corrected chi connectivity index (χ1v) is 12.8. The molecule has 0 saturated carbocycles. The molecule has 1 aromatic heterocycles. The minimum atomic E-state index is -4.85. The maximum Gasteiger partial charge on any atom is 0.423 e. The minimum Gasteiger partial charge on any atom is -0.469 e. The fourth-order valence-corrected chi connectivity index (χ4v) is 2.89. The highest BCUT2D eigenvalue weighted by atomic mass is 28.3. The Morgan fingerprint density at radius 2 is 1.90 bits per heavy atom. The number of halogens is 3. The van der Waals surface area contributed by atoms with Gasteiger partial charge in [-0.25, -0.2) is 4.68 Å². The molecule has 0 spiro atoms. The molecule has 1 aromatic rings. The largest absolute Gasteiger partial charge is 0.469 e. The van der Waals surface area contributed by atoms with E-state index < -0.39 is 37.0 Å². The molecule has 0 amide bonds. The lowest BCUT2D eigenvalue weighted by Crippen LogP contribution is -2.33. The molecule has 0 aliphatic carbocycles. The number of carbonyl (C=O) groups is 1. The van der Waals surface area contributed by atoms with Gasteiger partial charge in [0.2, 0.25) is 0 Å². The van der Waals surface area contributed by atoms with Crippen molar-refractivity contribution in [3.63, 3.8) is 0 Å². The second kappa shape index (κ2) is 11.3. The van der Waals surface area contributed by atoms with E-state index in [-0.39, 0.29) is 32.9 Å². The van der Waals surface area contributed by atoms with Gasteiger partial charge in [-0.15, -0.1) is 0 Å². The zero-order valence-electron chi connectivity index (χ0n) is 17.1. The molecule has 1 heterocycles. The molecule has 0 aliphatic rings. The Bertz CT molecular complexity index is 720. The fourth-order valence-electron chi connectivity index (χ4n) is 2.14. The van der Waals surface area contributed by atoms with Crippen molar-refractivity contribution in [2.45, 2.75) is 45.0 Å². The van der Waals surface area contributed by atoms with E-state index in [1.165, 1.54) is 7.11 Å². The van der Waals surface area contributed by atoms with E-state index in [4.69, 9.17) is 9.47 Å². The molecule has 8 nitrogen and oxygen atoms in total. The van der Waals surface area contributed by atoms with Crippen molar-refractivity contribution in [1.29, 1.82) is 0 Å². The van der Waals surface area contributed by atoms with Crippen molar-refractivity contribution < 1.29 is 32.2 Å². The highest BCUT2D eigenvalue weighted by Gasteiger charge is 2.38. The Morgan fingerprint density at radius 3 is 2.48 bits per heavy atom. The molecule has 29 heavy (non-hydrogen) atoms. The molecule has 166 valence electrons. The van der Waals surface area contributed by atoms with E-state index in [0.29, 0.717) is 11.3 Å². The topological polar surface area (TPSA) is 91.7 Å². The number of nitrogens with one attached hydrogen (secondary N) is 1. The van der Waals surface area contributed by atoms with Crippen LogP contribution in [0.4, 0.5) is 18.9 Å². The van der Waals surface area contributed by atoms with Crippen molar-refractivity contribution in [3.05, 3.63) is 22.1 Å². The Kier molecular flexibility index (Phi) is 9.79.